The third-order valence-corrected chi connectivity index (χ3v) is 15.3. The normalized spacial score (nSPS) is 11.9. The topological polar surface area (TPSA) is 4.41 Å². The van der Waals surface area contributed by atoms with E-state index in [1.54, 1.807) is 0 Å². The molecule has 0 fully saturated rings. The lowest BCUT2D eigenvalue weighted by Crippen LogP contribution is -1.94. The first-order valence-electron chi connectivity index (χ1n) is 24.0. The highest BCUT2D eigenvalue weighted by atomic mass is 14.9. The number of benzene rings is 9. The third-order valence-electron chi connectivity index (χ3n) is 15.3. The molecule has 11 rings (SSSR count). The van der Waals surface area contributed by atoms with Gasteiger partial charge in [-0.25, -0.2) is 0 Å². The molecule has 328 valence electrons. The summed E-state index contributed by atoms with van der Waals surface area (Å²) in [7, 11) is 0. The summed E-state index contributed by atoms with van der Waals surface area (Å²) in [6, 6.07) is 53.8. The van der Waals surface area contributed by atoms with Crippen LogP contribution in [0.15, 0.2) is 140 Å². The van der Waals surface area contributed by atoms with E-state index in [4.69, 9.17) is 0 Å². The maximum absolute atomic E-state index is 2.54. The van der Waals surface area contributed by atoms with Gasteiger partial charge in [0, 0.05) is 21.5 Å². The Morgan fingerprint density at radius 2 is 0.507 bits per heavy atom. The average molecular weight is 866 g/mol. The summed E-state index contributed by atoms with van der Waals surface area (Å²) in [5, 5.41) is 5.17. The maximum atomic E-state index is 2.54. The summed E-state index contributed by atoms with van der Waals surface area (Å²) in [5.74, 6) is 0. The summed E-state index contributed by atoms with van der Waals surface area (Å²) >= 11 is 0. The van der Waals surface area contributed by atoms with Crippen molar-refractivity contribution < 1.29 is 0 Å². The van der Waals surface area contributed by atoms with E-state index in [9.17, 15) is 0 Å². The van der Waals surface area contributed by atoms with E-state index in [0.29, 0.717) is 0 Å². The van der Waals surface area contributed by atoms with Crippen molar-refractivity contribution in [2.45, 2.75) is 83.1 Å². The second kappa shape index (κ2) is 15.7. The van der Waals surface area contributed by atoms with Crippen molar-refractivity contribution in [1.82, 2.24) is 4.40 Å². The summed E-state index contributed by atoms with van der Waals surface area (Å²) < 4.78 is 2.54. The van der Waals surface area contributed by atoms with Gasteiger partial charge in [-0.05, 0) is 253 Å². The van der Waals surface area contributed by atoms with Crippen LogP contribution in [0.2, 0.25) is 0 Å². The highest BCUT2D eigenvalue weighted by Crippen LogP contribution is 2.46. The molecule has 11 aromatic rings. The Kier molecular flexibility index (Phi) is 9.94. The number of rotatable bonds is 6. The highest BCUT2D eigenvalue weighted by molar-refractivity contribution is 6.25. The Balaban J connectivity index is 1.13. The van der Waals surface area contributed by atoms with Crippen LogP contribution in [-0.4, -0.2) is 4.40 Å². The van der Waals surface area contributed by atoms with E-state index in [0.717, 1.165) is 0 Å². The molecule has 0 aliphatic carbocycles. The highest BCUT2D eigenvalue weighted by Gasteiger charge is 2.23. The lowest BCUT2D eigenvalue weighted by molar-refractivity contribution is 1.33. The quantitative estimate of drug-likeness (QED) is 0.157. The van der Waals surface area contributed by atoms with Gasteiger partial charge in [-0.3, -0.25) is 0 Å². The first kappa shape index (κ1) is 42.4. The predicted molar refractivity (Wildman–Crippen MR) is 291 cm³/mol. The number of aromatic nitrogens is 1. The number of nitrogens with zero attached hydrogens (tertiary/aromatic N) is 1. The Labute approximate surface area is 396 Å². The van der Waals surface area contributed by atoms with E-state index >= 15 is 0 Å². The molecule has 0 unspecified atom stereocenters. The molecule has 9 aromatic carbocycles. The minimum absolute atomic E-state index is 1.24. The summed E-state index contributed by atoms with van der Waals surface area (Å²) in [6.45, 7) is 27.1. The summed E-state index contributed by atoms with van der Waals surface area (Å²) in [5.41, 5.74) is 35.1. The molecule has 0 radical (unpaired) electrons. The number of hydrogen-bond acceptors (Lipinski definition) is 0. The number of aryl methyl sites for hydroxylation is 12. The van der Waals surface area contributed by atoms with Crippen LogP contribution in [-0.2, 0) is 0 Å². The molecule has 0 aliphatic heterocycles. The van der Waals surface area contributed by atoms with Crippen LogP contribution in [0.1, 0.15) is 66.8 Å². The zero-order valence-electron chi connectivity index (χ0n) is 41.2. The minimum atomic E-state index is 1.24. The monoisotopic (exact) mass is 865 g/mol. The van der Waals surface area contributed by atoms with Gasteiger partial charge in [-0.15, -0.1) is 0 Å². The van der Waals surface area contributed by atoms with E-state index in [1.165, 1.54) is 172 Å². The first-order valence-corrected chi connectivity index (χ1v) is 24.0. The van der Waals surface area contributed by atoms with Crippen LogP contribution >= 0.6 is 0 Å². The Bertz CT molecular complexity index is 3610. The van der Waals surface area contributed by atoms with Gasteiger partial charge < -0.3 is 4.40 Å². The molecule has 2 aromatic heterocycles. The first-order chi connectivity index (χ1) is 32.2. The standard InChI is InChI=1S/C66H59N/c1-36-16-13-17-37(2)63(36)54-29-42(7)51(26-45(54)10)48-22-24-61-57(32-48)59-34-50(53-28-47(12)56(31-44(53)9)65-40(5)20-15-21-41(65)6)35-60-58-33-49(23-25-62(58)67(61)66(59)60)52-27-46(11)55(30-43(52)8)64-38(3)18-14-19-39(64)4/h13-35H,1-12H3. The predicted octanol–water partition coefficient (Wildman–Crippen LogP) is 18.5. The molecule has 1 nitrogen and oxygen atoms in total. The van der Waals surface area contributed by atoms with Gasteiger partial charge in [0.1, 0.15) is 0 Å². The number of fused-ring (bicyclic) bond motifs is 6. The molecule has 67 heavy (non-hydrogen) atoms. The number of hydrogen-bond donors (Lipinski definition) is 0. The fourth-order valence-corrected chi connectivity index (χ4v) is 11.9. The second-order valence-corrected chi connectivity index (χ2v) is 20.0. The van der Waals surface area contributed by atoms with Crippen molar-refractivity contribution in [2.75, 3.05) is 0 Å². The summed E-state index contributed by atoms with van der Waals surface area (Å²) in [6.07, 6.45) is 0. The molecule has 2 heterocycles. The van der Waals surface area contributed by atoms with Gasteiger partial charge in [0.05, 0.1) is 16.6 Å². The molecule has 0 spiro atoms. The van der Waals surface area contributed by atoms with Crippen LogP contribution in [0.5, 0.6) is 0 Å². The molecule has 1 heteroatoms. The lowest BCUT2D eigenvalue weighted by Gasteiger charge is -2.17. The van der Waals surface area contributed by atoms with Gasteiger partial charge in [-0.2, -0.15) is 0 Å². The van der Waals surface area contributed by atoms with E-state index < -0.39 is 0 Å². The molecular formula is C66H59N. The minimum Gasteiger partial charge on any atom is -0.308 e. The molecule has 0 saturated heterocycles. The fourth-order valence-electron chi connectivity index (χ4n) is 11.9. The van der Waals surface area contributed by atoms with Crippen LogP contribution in [0.4, 0.5) is 0 Å². The summed E-state index contributed by atoms with van der Waals surface area (Å²) in [4.78, 5) is 0. The maximum Gasteiger partial charge on any atom is 0.0620 e. The van der Waals surface area contributed by atoms with Crippen molar-refractivity contribution in [2.24, 2.45) is 0 Å². The molecule has 0 aliphatic rings. The zero-order valence-corrected chi connectivity index (χ0v) is 41.2. The Morgan fingerprint density at radius 3 is 0.836 bits per heavy atom. The van der Waals surface area contributed by atoms with E-state index in [1.807, 2.05) is 0 Å². The largest absolute Gasteiger partial charge is 0.308 e. The van der Waals surface area contributed by atoms with Crippen molar-refractivity contribution >= 4 is 38.1 Å². The molecule has 0 N–H and O–H groups in total. The molecule has 0 saturated carbocycles. The second-order valence-electron chi connectivity index (χ2n) is 20.0. The smallest absolute Gasteiger partial charge is 0.0620 e. The Hall–Kier alpha value is -7.22. The average Bonchev–Trinajstić information content (AvgIpc) is 3.80. The van der Waals surface area contributed by atoms with Crippen LogP contribution in [0.3, 0.4) is 0 Å². The van der Waals surface area contributed by atoms with Gasteiger partial charge in [0.15, 0.2) is 0 Å². The molecule has 0 atom stereocenters. The fraction of sp³-hybridized carbons (Fsp3) is 0.182. The third kappa shape index (κ3) is 6.65. The van der Waals surface area contributed by atoms with Gasteiger partial charge in [0.2, 0.25) is 0 Å². The van der Waals surface area contributed by atoms with Crippen LogP contribution in [0, 0.1) is 83.1 Å². The van der Waals surface area contributed by atoms with Crippen molar-refractivity contribution in [3.8, 4) is 66.8 Å². The van der Waals surface area contributed by atoms with E-state index in [-0.39, 0.29) is 0 Å². The van der Waals surface area contributed by atoms with Gasteiger partial charge >= 0.3 is 0 Å². The van der Waals surface area contributed by atoms with Crippen LogP contribution < -0.4 is 0 Å². The van der Waals surface area contributed by atoms with Crippen molar-refractivity contribution in [1.29, 1.82) is 0 Å². The molecule has 0 amide bonds. The van der Waals surface area contributed by atoms with Crippen molar-refractivity contribution in [3.05, 3.63) is 206 Å². The zero-order chi connectivity index (χ0) is 46.7. The molecule has 0 bridgehead atoms. The SMILES string of the molecule is Cc1cc(-c2c(C)cccc2C)c(C)cc1-c1ccc2c(c1)c1cc(-c3cc(C)c(-c4c(C)cccc4C)cc3C)cc3c4cc(-c5cc(C)c(-c6c(C)cccc6C)cc5C)ccc4n2c13. The van der Waals surface area contributed by atoms with Gasteiger partial charge in [0.25, 0.3) is 0 Å². The lowest BCUT2D eigenvalue weighted by atomic mass is 9.87. The van der Waals surface area contributed by atoms with Crippen molar-refractivity contribution in [3.63, 3.8) is 0 Å². The van der Waals surface area contributed by atoms with E-state index in [2.05, 4.69) is 227 Å². The Morgan fingerprint density at radius 1 is 0.239 bits per heavy atom. The molecular weight excluding hydrogens is 807 g/mol. The van der Waals surface area contributed by atoms with Gasteiger partial charge in [-0.1, -0.05) is 103 Å². The van der Waals surface area contributed by atoms with Crippen LogP contribution in [0.25, 0.3) is 105 Å².